The van der Waals surface area contributed by atoms with Crippen molar-refractivity contribution in [3.8, 4) is 5.75 Å². The summed E-state index contributed by atoms with van der Waals surface area (Å²) in [5.41, 5.74) is 2.08. The zero-order valence-electron chi connectivity index (χ0n) is 13.4. The lowest BCUT2D eigenvalue weighted by molar-refractivity contribution is 0.0513. The first-order valence-electron chi connectivity index (χ1n) is 7.00. The molecule has 0 saturated carbocycles. The van der Waals surface area contributed by atoms with Crippen LogP contribution in [0, 0.1) is 0 Å². The predicted octanol–water partition coefficient (Wildman–Crippen LogP) is 2.44. The lowest BCUT2D eigenvalue weighted by Crippen LogP contribution is -2.14. The van der Waals surface area contributed by atoms with Crippen LogP contribution in [0.1, 0.15) is 5.56 Å². The van der Waals surface area contributed by atoms with Gasteiger partial charge in [0.25, 0.3) is 8.53 Å². The van der Waals surface area contributed by atoms with Crippen LogP contribution in [0.4, 0.5) is 0 Å². The van der Waals surface area contributed by atoms with Gasteiger partial charge >= 0.3 is 0 Å². The smallest absolute Gasteiger partial charge is 0.293 e. The largest absolute Gasteiger partial charge is 0.497 e. The number of benzene rings is 1. The minimum Gasteiger partial charge on any atom is -0.497 e. The minimum atomic E-state index is -1.78. The first kappa shape index (κ1) is 17.2. The third-order valence-electron chi connectivity index (χ3n) is 3.37. The summed E-state index contributed by atoms with van der Waals surface area (Å²) in [6.45, 7) is 0.992. The molecule has 2 rings (SSSR count). The molecule has 22 heavy (non-hydrogen) atoms. The van der Waals surface area contributed by atoms with Crippen LogP contribution in [0.25, 0.3) is 10.9 Å². The molecule has 0 radical (unpaired) electrons. The molecule has 0 fully saturated rings. The number of methoxy groups -OCH3 is 2. The number of nitrogens with zero attached hydrogens (tertiary/aromatic N) is 2. The molecule has 2 aromatic rings. The maximum Gasteiger partial charge on any atom is 0.293 e. The van der Waals surface area contributed by atoms with E-state index in [1.807, 2.05) is 38.5 Å². The summed E-state index contributed by atoms with van der Waals surface area (Å²) in [4.78, 5) is 12.4. The van der Waals surface area contributed by atoms with Crippen LogP contribution in [-0.4, -0.2) is 55.8 Å². The molecular formula is C15H23N2O4P. The number of hydrogen-bond donors (Lipinski definition) is 1. The Kier molecular flexibility index (Phi) is 6.17. The van der Waals surface area contributed by atoms with Crippen LogP contribution in [0.15, 0.2) is 24.4 Å². The molecule has 1 aromatic carbocycles. The van der Waals surface area contributed by atoms with Crippen LogP contribution >= 0.6 is 8.53 Å². The van der Waals surface area contributed by atoms with Gasteiger partial charge in [-0.2, -0.15) is 0 Å². The van der Waals surface area contributed by atoms with Gasteiger partial charge < -0.3 is 19.3 Å². The van der Waals surface area contributed by atoms with Gasteiger partial charge in [0.15, 0.2) is 6.79 Å². The van der Waals surface area contributed by atoms with Gasteiger partial charge in [-0.05, 0) is 38.2 Å². The SMILES string of the molecule is COCOP(O)n1cc(CCN(C)C)c2ccc(OC)cc21. The Morgan fingerprint density at radius 1 is 1.27 bits per heavy atom. The minimum absolute atomic E-state index is 0.0544. The van der Waals surface area contributed by atoms with Crippen molar-refractivity contribution in [2.75, 3.05) is 41.7 Å². The Balaban J connectivity index is 2.39. The summed E-state index contributed by atoms with van der Waals surface area (Å²) in [6.07, 6.45) is 2.85. The van der Waals surface area contributed by atoms with E-state index in [-0.39, 0.29) is 6.79 Å². The van der Waals surface area contributed by atoms with Crippen LogP contribution in [0.5, 0.6) is 5.75 Å². The van der Waals surface area contributed by atoms with Gasteiger partial charge in [-0.1, -0.05) is 0 Å². The van der Waals surface area contributed by atoms with Crippen molar-refractivity contribution < 1.29 is 18.9 Å². The van der Waals surface area contributed by atoms with E-state index in [1.165, 1.54) is 12.7 Å². The van der Waals surface area contributed by atoms with Crippen molar-refractivity contribution in [3.05, 3.63) is 30.0 Å². The molecule has 1 unspecified atom stereocenters. The molecule has 6 nitrogen and oxygen atoms in total. The highest BCUT2D eigenvalue weighted by Crippen LogP contribution is 2.40. The number of aromatic nitrogens is 1. The molecule has 7 heteroatoms. The van der Waals surface area contributed by atoms with Crippen LogP contribution < -0.4 is 4.74 Å². The van der Waals surface area contributed by atoms with Crippen LogP contribution in [-0.2, 0) is 15.7 Å². The van der Waals surface area contributed by atoms with Gasteiger partial charge in [-0.3, -0.25) is 8.86 Å². The van der Waals surface area contributed by atoms with E-state index in [2.05, 4.69) is 4.90 Å². The molecule has 122 valence electrons. The number of rotatable bonds is 8. The molecule has 0 aliphatic carbocycles. The lowest BCUT2D eigenvalue weighted by atomic mass is 10.1. The maximum absolute atomic E-state index is 10.3. The Hall–Kier alpha value is -1.17. The molecule has 0 amide bonds. The number of fused-ring (bicyclic) bond motifs is 1. The number of hydrogen-bond acceptors (Lipinski definition) is 5. The summed E-state index contributed by atoms with van der Waals surface area (Å²) in [5, 5.41) is 1.10. The van der Waals surface area contributed by atoms with Gasteiger partial charge in [-0.15, -0.1) is 0 Å². The normalized spacial score (nSPS) is 13.0. The summed E-state index contributed by atoms with van der Waals surface area (Å²) in [6, 6.07) is 5.87. The zero-order chi connectivity index (χ0) is 16.1. The monoisotopic (exact) mass is 326 g/mol. The van der Waals surface area contributed by atoms with Crippen molar-refractivity contribution in [2.45, 2.75) is 6.42 Å². The first-order valence-corrected chi connectivity index (χ1v) is 8.17. The zero-order valence-corrected chi connectivity index (χ0v) is 14.3. The van der Waals surface area contributed by atoms with E-state index in [0.717, 1.165) is 29.6 Å². The summed E-state index contributed by atoms with van der Waals surface area (Å²) in [7, 11) is 5.47. The maximum atomic E-state index is 10.3. The summed E-state index contributed by atoms with van der Waals surface area (Å²) >= 11 is 0. The third-order valence-corrected chi connectivity index (χ3v) is 4.41. The molecule has 0 spiro atoms. The molecule has 1 atom stereocenters. The Labute approximate surface area is 132 Å². The molecule has 0 aliphatic rings. The summed E-state index contributed by atoms with van der Waals surface area (Å²) < 4.78 is 17.2. The summed E-state index contributed by atoms with van der Waals surface area (Å²) in [5.74, 6) is 0.751. The van der Waals surface area contributed by atoms with E-state index < -0.39 is 8.53 Å². The fraction of sp³-hybridized carbons (Fsp3) is 0.467. The topological polar surface area (TPSA) is 56.1 Å². The van der Waals surface area contributed by atoms with E-state index in [1.54, 1.807) is 11.4 Å². The highest BCUT2D eigenvalue weighted by molar-refractivity contribution is 7.44. The molecule has 0 aliphatic heterocycles. The number of ether oxygens (including phenoxy) is 2. The van der Waals surface area contributed by atoms with E-state index in [4.69, 9.17) is 14.0 Å². The second-order valence-corrected chi connectivity index (χ2v) is 6.42. The van der Waals surface area contributed by atoms with E-state index in [9.17, 15) is 4.89 Å². The van der Waals surface area contributed by atoms with Crippen molar-refractivity contribution in [2.24, 2.45) is 0 Å². The molecule has 1 N–H and O–H groups in total. The van der Waals surface area contributed by atoms with Crippen molar-refractivity contribution in [3.63, 3.8) is 0 Å². The van der Waals surface area contributed by atoms with Crippen molar-refractivity contribution in [1.82, 2.24) is 9.24 Å². The second kappa shape index (κ2) is 7.90. The third kappa shape index (κ3) is 3.97. The Bertz CT molecular complexity index is 615. The van der Waals surface area contributed by atoms with Gasteiger partial charge in [0.05, 0.1) is 12.6 Å². The lowest BCUT2D eigenvalue weighted by Gasteiger charge is -2.12. The average molecular weight is 326 g/mol. The highest BCUT2D eigenvalue weighted by Gasteiger charge is 2.16. The second-order valence-electron chi connectivity index (χ2n) is 5.22. The van der Waals surface area contributed by atoms with Gasteiger partial charge in [-0.25, -0.2) is 0 Å². The Morgan fingerprint density at radius 2 is 2.05 bits per heavy atom. The van der Waals surface area contributed by atoms with Gasteiger partial charge in [0, 0.05) is 31.3 Å². The highest BCUT2D eigenvalue weighted by atomic mass is 31.2. The van der Waals surface area contributed by atoms with E-state index in [0.29, 0.717) is 0 Å². The molecule has 1 aromatic heterocycles. The van der Waals surface area contributed by atoms with Gasteiger partial charge in [0.1, 0.15) is 5.75 Å². The first-order chi connectivity index (χ1) is 10.6. The molecule has 1 heterocycles. The molecular weight excluding hydrogens is 303 g/mol. The van der Waals surface area contributed by atoms with Crippen LogP contribution in [0.2, 0.25) is 0 Å². The number of likely N-dealkylation sites (N-methyl/N-ethyl adjacent to an activating group) is 1. The van der Waals surface area contributed by atoms with Crippen molar-refractivity contribution >= 4 is 19.4 Å². The van der Waals surface area contributed by atoms with Crippen LogP contribution in [0.3, 0.4) is 0 Å². The quantitative estimate of drug-likeness (QED) is 0.596. The van der Waals surface area contributed by atoms with Crippen molar-refractivity contribution in [1.29, 1.82) is 0 Å². The molecule has 0 saturated heterocycles. The predicted molar refractivity (Wildman–Crippen MR) is 88.2 cm³/mol. The fourth-order valence-corrected chi connectivity index (χ4v) is 3.15. The Morgan fingerprint density at radius 3 is 2.68 bits per heavy atom. The standard InChI is InChI=1S/C15H23N2O4P/c1-16(2)8-7-12-10-17(22(18)21-11-19-3)15-9-13(20-4)5-6-14(12)15/h5-6,9-10,18H,7-8,11H2,1-4H3. The van der Waals surface area contributed by atoms with Gasteiger partial charge in [0.2, 0.25) is 0 Å². The average Bonchev–Trinajstić information content (AvgIpc) is 2.88. The van der Waals surface area contributed by atoms with E-state index >= 15 is 0 Å². The fourth-order valence-electron chi connectivity index (χ4n) is 2.23. The molecule has 0 bridgehead atoms.